The normalized spacial score (nSPS) is 10.4. The highest BCUT2D eigenvalue weighted by molar-refractivity contribution is 5.71. The molecule has 70 valence electrons. The first-order valence-electron chi connectivity index (χ1n) is 4.03. The molecule has 1 aromatic carbocycles. The highest BCUT2D eigenvalue weighted by atomic mass is 16.5. The van der Waals surface area contributed by atoms with Crippen molar-refractivity contribution in [2.24, 2.45) is 0 Å². The molecule has 3 nitrogen and oxygen atoms in total. The van der Waals surface area contributed by atoms with Gasteiger partial charge >= 0.3 is 0 Å². The van der Waals surface area contributed by atoms with E-state index in [0.717, 1.165) is 5.56 Å². The van der Waals surface area contributed by atoms with Crippen LogP contribution in [0.2, 0.25) is 0 Å². The molecule has 0 saturated carbocycles. The largest absolute Gasteiger partial charge is 0.494 e. The van der Waals surface area contributed by atoms with Gasteiger partial charge in [-0.05, 0) is 13.0 Å². The number of para-hydroxylation sites is 1. The van der Waals surface area contributed by atoms with Crippen LogP contribution in [0.3, 0.4) is 0 Å². The van der Waals surface area contributed by atoms with E-state index in [9.17, 15) is 0 Å². The standard InChI is InChI=1S/C10H13NO2/c1-3-5-8-6-4-7-9(13-2)10(8)11-12/h3-7,11-12H,1-2H3. The van der Waals surface area contributed by atoms with E-state index in [1.54, 1.807) is 13.2 Å². The quantitative estimate of drug-likeness (QED) is 0.700. The van der Waals surface area contributed by atoms with E-state index in [0.29, 0.717) is 11.4 Å². The molecule has 0 spiro atoms. The number of allylic oxidation sites excluding steroid dienone is 1. The van der Waals surface area contributed by atoms with Crippen LogP contribution < -0.4 is 10.2 Å². The third-order valence-corrected chi connectivity index (χ3v) is 1.74. The fourth-order valence-electron chi connectivity index (χ4n) is 1.16. The van der Waals surface area contributed by atoms with Gasteiger partial charge in [-0.25, -0.2) is 0 Å². The molecule has 0 aliphatic heterocycles. The molecule has 0 fully saturated rings. The molecule has 0 saturated heterocycles. The number of nitrogens with one attached hydrogen (secondary N) is 1. The maximum Gasteiger partial charge on any atom is 0.144 e. The fourth-order valence-corrected chi connectivity index (χ4v) is 1.16. The second-order valence-corrected chi connectivity index (χ2v) is 2.54. The van der Waals surface area contributed by atoms with Crippen LogP contribution in [0.25, 0.3) is 6.08 Å². The van der Waals surface area contributed by atoms with Crippen LogP contribution in [-0.4, -0.2) is 12.3 Å². The van der Waals surface area contributed by atoms with Crippen molar-refractivity contribution in [1.29, 1.82) is 0 Å². The molecule has 3 heteroatoms. The molecule has 0 amide bonds. The van der Waals surface area contributed by atoms with Crippen LogP contribution in [0.5, 0.6) is 5.75 Å². The lowest BCUT2D eigenvalue weighted by Crippen LogP contribution is -1.96. The van der Waals surface area contributed by atoms with Crippen molar-refractivity contribution < 1.29 is 9.94 Å². The Bertz CT molecular complexity index is 308. The van der Waals surface area contributed by atoms with Crippen molar-refractivity contribution >= 4 is 11.8 Å². The van der Waals surface area contributed by atoms with Gasteiger partial charge in [0, 0.05) is 5.56 Å². The topological polar surface area (TPSA) is 41.5 Å². The van der Waals surface area contributed by atoms with E-state index in [-0.39, 0.29) is 0 Å². The average molecular weight is 179 g/mol. The summed E-state index contributed by atoms with van der Waals surface area (Å²) in [4.78, 5) is 0. The Kier molecular flexibility index (Phi) is 3.34. The van der Waals surface area contributed by atoms with Gasteiger partial charge in [0.1, 0.15) is 11.4 Å². The zero-order valence-electron chi connectivity index (χ0n) is 7.74. The van der Waals surface area contributed by atoms with Crippen LogP contribution in [0.15, 0.2) is 24.3 Å². The Balaban J connectivity index is 3.18. The van der Waals surface area contributed by atoms with Crippen LogP contribution in [0.1, 0.15) is 12.5 Å². The second-order valence-electron chi connectivity index (χ2n) is 2.54. The summed E-state index contributed by atoms with van der Waals surface area (Å²) in [5, 5.41) is 8.89. The summed E-state index contributed by atoms with van der Waals surface area (Å²) in [6.45, 7) is 1.92. The number of ether oxygens (including phenoxy) is 1. The van der Waals surface area contributed by atoms with Crippen molar-refractivity contribution in [3.05, 3.63) is 29.8 Å². The van der Waals surface area contributed by atoms with Crippen LogP contribution in [0, 0.1) is 0 Å². The second kappa shape index (κ2) is 4.52. The van der Waals surface area contributed by atoms with Crippen molar-refractivity contribution in [2.45, 2.75) is 6.92 Å². The highest BCUT2D eigenvalue weighted by Crippen LogP contribution is 2.28. The smallest absolute Gasteiger partial charge is 0.144 e. The van der Waals surface area contributed by atoms with Crippen molar-refractivity contribution in [1.82, 2.24) is 0 Å². The summed E-state index contributed by atoms with van der Waals surface area (Å²) in [7, 11) is 1.57. The Labute approximate surface area is 77.6 Å². The van der Waals surface area contributed by atoms with Gasteiger partial charge in [-0.15, -0.1) is 0 Å². The number of hydrogen-bond donors (Lipinski definition) is 2. The maximum atomic E-state index is 8.89. The molecule has 0 aliphatic carbocycles. The number of benzene rings is 1. The maximum absolute atomic E-state index is 8.89. The van der Waals surface area contributed by atoms with Gasteiger partial charge in [0.2, 0.25) is 0 Å². The predicted octanol–water partition coefficient (Wildman–Crippen LogP) is 2.53. The predicted molar refractivity (Wildman–Crippen MR) is 53.1 cm³/mol. The first kappa shape index (κ1) is 9.61. The van der Waals surface area contributed by atoms with Gasteiger partial charge in [-0.3, -0.25) is 10.7 Å². The van der Waals surface area contributed by atoms with Gasteiger partial charge in [0.25, 0.3) is 0 Å². The van der Waals surface area contributed by atoms with E-state index >= 15 is 0 Å². The average Bonchev–Trinajstić information content (AvgIpc) is 2.18. The molecule has 1 aromatic rings. The highest BCUT2D eigenvalue weighted by Gasteiger charge is 2.04. The number of methoxy groups -OCH3 is 1. The number of anilines is 1. The molecule has 0 bridgehead atoms. The molecular weight excluding hydrogens is 166 g/mol. The Morgan fingerprint density at radius 1 is 1.46 bits per heavy atom. The van der Waals surface area contributed by atoms with Gasteiger partial charge in [0.05, 0.1) is 7.11 Å². The molecule has 2 N–H and O–H groups in total. The Morgan fingerprint density at radius 3 is 2.77 bits per heavy atom. The number of hydrogen-bond acceptors (Lipinski definition) is 3. The summed E-state index contributed by atoms with van der Waals surface area (Å²) in [6, 6.07) is 5.54. The van der Waals surface area contributed by atoms with Gasteiger partial charge < -0.3 is 4.74 Å². The molecule has 0 aliphatic rings. The lowest BCUT2D eigenvalue weighted by Gasteiger charge is -2.09. The molecule has 1 rings (SSSR count). The SMILES string of the molecule is CC=Cc1cccc(OC)c1NO. The van der Waals surface area contributed by atoms with E-state index in [1.807, 2.05) is 31.2 Å². The van der Waals surface area contributed by atoms with Crippen molar-refractivity contribution in [3.63, 3.8) is 0 Å². The Hall–Kier alpha value is -1.48. The van der Waals surface area contributed by atoms with Crippen LogP contribution in [0.4, 0.5) is 5.69 Å². The first-order chi connectivity index (χ1) is 6.33. The summed E-state index contributed by atoms with van der Waals surface area (Å²) >= 11 is 0. The van der Waals surface area contributed by atoms with Gasteiger partial charge in [0.15, 0.2) is 0 Å². The van der Waals surface area contributed by atoms with Gasteiger partial charge in [-0.1, -0.05) is 24.3 Å². The van der Waals surface area contributed by atoms with E-state index in [4.69, 9.17) is 9.94 Å². The summed E-state index contributed by atoms with van der Waals surface area (Å²) in [5.41, 5.74) is 3.60. The third-order valence-electron chi connectivity index (χ3n) is 1.74. The fraction of sp³-hybridized carbons (Fsp3) is 0.200. The minimum atomic E-state index is 0.586. The summed E-state index contributed by atoms with van der Waals surface area (Å²) in [5.74, 6) is 0.623. The zero-order chi connectivity index (χ0) is 9.68. The van der Waals surface area contributed by atoms with E-state index in [2.05, 4.69) is 5.48 Å². The van der Waals surface area contributed by atoms with E-state index in [1.165, 1.54) is 0 Å². The molecular formula is C10H13NO2. The molecule has 0 heterocycles. The molecule has 13 heavy (non-hydrogen) atoms. The van der Waals surface area contributed by atoms with Crippen LogP contribution >= 0.6 is 0 Å². The Morgan fingerprint density at radius 2 is 2.23 bits per heavy atom. The minimum absolute atomic E-state index is 0.586. The van der Waals surface area contributed by atoms with Gasteiger partial charge in [-0.2, -0.15) is 0 Å². The third kappa shape index (κ3) is 2.00. The molecule has 0 unspecified atom stereocenters. The summed E-state index contributed by atoms with van der Waals surface area (Å²) < 4.78 is 5.07. The minimum Gasteiger partial charge on any atom is -0.494 e. The first-order valence-corrected chi connectivity index (χ1v) is 4.03. The van der Waals surface area contributed by atoms with Crippen LogP contribution in [-0.2, 0) is 0 Å². The monoisotopic (exact) mass is 179 g/mol. The van der Waals surface area contributed by atoms with Crippen molar-refractivity contribution in [2.75, 3.05) is 12.6 Å². The van der Waals surface area contributed by atoms with E-state index < -0.39 is 0 Å². The number of rotatable bonds is 3. The lowest BCUT2D eigenvalue weighted by atomic mass is 10.1. The van der Waals surface area contributed by atoms with Crippen molar-refractivity contribution in [3.8, 4) is 5.75 Å². The lowest BCUT2D eigenvalue weighted by molar-refractivity contribution is 0.373. The zero-order valence-corrected chi connectivity index (χ0v) is 7.74. The molecule has 0 aromatic heterocycles. The summed E-state index contributed by atoms with van der Waals surface area (Å²) in [6.07, 6.45) is 3.79. The molecule has 0 radical (unpaired) electrons. The molecule has 0 atom stereocenters.